The molecule has 0 aliphatic heterocycles. The Hall–Kier alpha value is -0.790. The van der Waals surface area contributed by atoms with Crippen LogP contribution < -0.4 is 4.57 Å². The van der Waals surface area contributed by atoms with Gasteiger partial charge < -0.3 is 0 Å². The number of hydrogen-bond donors (Lipinski definition) is 0. The standard InChI is InChI=1S/C16H31N2/c1-4-6-8-10-12-16-17(3)14-15-18(16)13-11-9-7-5-2/h14-15H,4-13H2,1-3H3/q+1. The number of nitrogens with zero attached hydrogens (tertiary/aromatic N) is 2. The van der Waals surface area contributed by atoms with Gasteiger partial charge in [0.1, 0.15) is 12.4 Å². The van der Waals surface area contributed by atoms with Gasteiger partial charge in [0.2, 0.25) is 0 Å². The molecule has 1 aromatic rings. The molecule has 0 aliphatic carbocycles. The molecule has 0 aromatic carbocycles. The van der Waals surface area contributed by atoms with Crippen molar-refractivity contribution in [2.24, 2.45) is 7.05 Å². The van der Waals surface area contributed by atoms with Crippen molar-refractivity contribution in [3.05, 3.63) is 18.2 Å². The summed E-state index contributed by atoms with van der Waals surface area (Å²) in [6.07, 6.45) is 16.5. The topological polar surface area (TPSA) is 8.81 Å². The van der Waals surface area contributed by atoms with Crippen LogP contribution in [0, 0.1) is 0 Å². The van der Waals surface area contributed by atoms with Crippen LogP contribution in [0.15, 0.2) is 12.4 Å². The summed E-state index contributed by atoms with van der Waals surface area (Å²) in [5.41, 5.74) is 0. The molecule has 1 aromatic heterocycles. The van der Waals surface area contributed by atoms with Crippen molar-refractivity contribution in [2.75, 3.05) is 0 Å². The van der Waals surface area contributed by atoms with E-state index in [1.54, 1.807) is 0 Å². The number of rotatable bonds is 10. The lowest BCUT2D eigenvalue weighted by Gasteiger charge is -2.03. The molecule has 0 aliphatic rings. The molecule has 2 heteroatoms. The van der Waals surface area contributed by atoms with Crippen LogP contribution in [0.3, 0.4) is 0 Å². The summed E-state index contributed by atoms with van der Waals surface area (Å²) in [4.78, 5) is 0. The fourth-order valence-electron chi connectivity index (χ4n) is 2.50. The zero-order chi connectivity index (χ0) is 13.2. The first-order chi connectivity index (χ1) is 8.79. The third kappa shape index (κ3) is 5.24. The fourth-order valence-corrected chi connectivity index (χ4v) is 2.50. The van der Waals surface area contributed by atoms with Crippen molar-refractivity contribution in [3.63, 3.8) is 0 Å². The lowest BCUT2D eigenvalue weighted by molar-refractivity contribution is -0.678. The normalized spacial score (nSPS) is 11.1. The number of hydrogen-bond acceptors (Lipinski definition) is 0. The molecule has 1 rings (SSSR count). The van der Waals surface area contributed by atoms with Gasteiger partial charge in [0.25, 0.3) is 5.82 Å². The van der Waals surface area contributed by atoms with Gasteiger partial charge in [-0.15, -0.1) is 0 Å². The van der Waals surface area contributed by atoms with Crippen LogP contribution in [0.5, 0.6) is 0 Å². The van der Waals surface area contributed by atoms with Crippen LogP contribution >= 0.6 is 0 Å². The highest BCUT2D eigenvalue weighted by Gasteiger charge is 2.13. The number of aromatic nitrogens is 2. The molecule has 0 spiro atoms. The Bertz CT molecular complexity index is 315. The Balaban J connectivity index is 2.37. The minimum absolute atomic E-state index is 1.20. The summed E-state index contributed by atoms with van der Waals surface area (Å²) < 4.78 is 4.76. The van der Waals surface area contributed by atoms with Crippen LogP contribution in [-0.2, 0) is 20.0 Å². The Morgan fingerprint density at radius 2 is 1.61 bits per heavy atom. The number of unbranched alkanes of at least 4 members (excludes halogenated alkanes) is 6. The van der Waals surface area contributed by atoms with E-state index in [2.05, 4.69) is 42.4 Å². The molecule has 0 fully saturated rings. The van der Waals surface area contributed by atoms with Crippen LogP contribution in [0.25, 0.3) is 0 Å². The molecule has 0 bridgehead atoms. The van der Waals surface area contributed by atoms with E-state index < -0.39 is 0 Å². The highest BCUT2D eigenvalue weighted by Crippen LogP contribution is 2.08. The van der Waals surface area contributed by atoms with Gasteiger partial charge in [0, 0.05) is 6.42 Å². The van der Waals surface area contributed by atoms with Crippen LogP contribution in [-0.4, -0.2) is 4.57 Å². The predicted octanol–water partition coefficient (Wildman–Crippen LogP) is 4.02. The second-order valence-corrected chi connectivity index (χ2v) is 5.39. The quantitative estimate of drug-likeness (QED) is 0.439. The Morgan fingerprint density at radius 3 is 2.28 bits per heavy atom. The Labute approximate surface area is 113 Å². The van der Waals surface area contributed by atoms with E-state index in [-0.39, 0.29) is 0 Å². The minimum Gasteiger partial charge on any atom is -0.237 e. The smallest absolute Gasteiger partial charge is 0.237 e. The summed E-state index contributed by atoms with van der Waals surface area (Å²) in [6, 6.07) is 0. The van der Waals surface area contributed by atoms with Gasteiger partial charge in [-0.2, -0.15) is 0 Å². The Morgan fingerprint density at radius 1 is 0.944 bits per heavy atom. The van der Waals surface area contributed by atoms with Gasteiger partial charge in [-0.1, -0.05) is 46.0 Å². The molecular formula is C16H31N2+. The van der Waals surface area contributed by atoms with E-state index in [1.165, 1.54) is 70.2 Å². The molecule has 0 amide bonds. The first-order valence-corrected chi connectivity index (χ1v) is 7.83. The van der Waals surface area contributed by atoms with E-state index in [1.807, 2.05) is 0 Å². The molecule has 0 saturated heterocycles. The molecular weight excluding hydrogens is 220 g/mol. The lowest BCUT2D eigenvalue weighted by atomic mass is 10.1. The van der Waals surface area contributed by atoms with E-state index in [4.69, 9.17) is 0 Å². The SMILES string of the molecule is CCCCCCc1n(CCCCCC)cc[n+]1C. The van der Waals surface area contributed by atoms with Gasteiger partial charge in [-0.3, -0.25) is 0 Å². The zero-order valence-corrected chi connectivity index (χ0v) is 12.6. The van der Waals surface area contributed by atoms with Crippen LogP contribution in [0.1, 0.15) is 71.0 Å². The summed E-state index contributed by atoms with van der Waals surface area (Å²) in [5, 5.41) is 0. The summed E-state index contributed by atoms with van der Waals surface area (Å²) in [6.45, 7) is 5.75. The van der Waals surface area contributed by atoms with E-state index in [0.29, 0.717) is 0 Å². The molecule has 1 heterocycles. The van der Waals surface area contributed by atoms with Crippen molar-refractivity contribution in [3.8, 4) is 0 Å². The molecule has 0 N–H and O–H groups in total. The summed E-state index contributed by atoms with van der Waals surface area (Å²) in [7, 11) is 2.18. The van der Waals surface area contributed by atoms with Gasteiger partial charge in [-0.25, -0.2) is 9.13 Å². The molecule has 104 valence electrons. The molecule has 0 atom stereocenters. The van der Waals surface area contributed by atoms with Crippen molar-refractivity contribution in [1.82, 2.24) is 4.57 Å². The monoisotopic (exact) mass is 251 g/mol. The maximum absolute atomic E-state index is 2.46. The maximum atomic E-state index is 2.46. The second kappa shape index (κ2) is 9.18. The zero-order valence-electron chi connectivity index (χ0n) is 12.6. The van der Waals surface area contributed by atoms with Gasteiger partial charge >= 0.3 is 0 Å². The fraction of sp³-hybridized carbons (Fsp3) is 0.812. The molecule has 18 heavy (non-hydrogen) atoms. The molecule has 0 unspecified atom stereocenters. The first-order valence-electron chi connectivity index (χ1n) is 7.83. The van der Waals surface area contributed by atoms with Gasteiger partial charge in [0.15, 0.2) is 0 Å². The average molecular weight is 251 g/mol. The number of imidazole rings is 1. The van der Waals surface area contributed by atoms with Gasteiger partial charge in [0.05, 0.1) is 13.6 Å². The number of aryl methyl sites for hydroxylation is 2. The highest BCUT2D eigenvalue weighted by molar-refractivity contribution is 4.84. The average Bonchev–Trinajstić information content (AvgIpc) is 2.72. The molecule has 2 nitrogen and oxygen atoms in total. The second-order valence-electron chi connectivity index (χ2n) is 5.39. The highest BCUT2D eigenvalue weighted by atomic mass is 15.1. The Kier molecular flexibility index (Phi) is 7.79. The van der Waals surface area contributed by atoms with Crippen LogP contribution in [0.4, 0.5) is 0 Å². The largest absolute Gasteiger partial charge is 0.256 e. The lowest BCUT2D eigenvalue weighted by Crippen LogP contribution is -2.32. The summed E-state index contributed by atoms with van der Waals surface area (Å²) >= 11 is 0. The van der Waals surface area contributed by atoms with E-state index >= 15 is 0 Å². The van der Waals surface area contributed by atoms with Crippen molar-refractivity contribution in [1.29, 1.82) is 0 Å². The molecule has 0 radical (unpaired) electrons. The third-order valence-corrected chi connectivity index (χ3v) is 3.72. The van der Waals surface area contributed by atoms with Crippen LogP contribution in [0.2, 0.25) is 0 Å². The minimum atomic E-state index is 1.20. The first kappa shape index (κ1) is 15.3. The van der Waals surface area contributed by atoms with Gasteiger partial charge in [-0.05, 0) is 19.3 Å². The third-order valence-electron chi connectivity index (χ3n) is 3.72. The van der Waals surface area contributed by atoms with E-state index in [9.17, 15) is 0 Å². The predicted molar refractivity (Wildman–Crippen MR) is 77.6 cm³/mol. The maximum Gasteiger partial charge on any atom is 0.256 e. The molecule has 0 saturated carbocycles. The van der Waals surface area contributed by atoms with Crippen molar-refractivity contribution < 1.29 is 4.57 Å². The van der Waals surface area contributed by atoms with E-state index in [0.717, 1.165) is 0 Å². The van der Waals surface area contributed by atoms with Crippen molar-refractivity contribution >= 4 is 0 Å². The summed E-state index contributed by atoms with van der Waals surface area (Å²) in [5.74, 6) is 1.50. The van der Waals surface area contributed by atoms with Crippen molar-refractivity contribution in [2.45, 2.75) is 78.2 Å².